The Labute approximate surface area is 191 Å². The van der Waals surface area contributed by atoms with E-state index in [-0.39, 0.29) is 51.0 Å². The van der Waals surface area contributed by atoms with Gasteiger partial charge in [0.1, 0.15) is 52.3 Å². The number of nitrogens with zero attached hydrogens (tertiary/aromatic N) is 7. The number of pyridine rings is 1. The second kappa shape index (κ2) is 8.52. The van der Waals surface area contributed by atoms with Crippen LogP contribution in [0.15, 0.2) is 35.4 Å². The monoisotopic (exact) mass is 459 g/mol. The van der Waals surface area contributed by atoms with Crippen molar-refractivity contribution >= 4 is 22.5 Å². The summed E-state index contributed by atoms with van der Waals surface area (Å²) in [5.74, 6) is -1.27. The zero-order valence-corrected chi connectivity index (χ0v) is 17.8. The van der Waals surface area contributed by atoms with Gasteiger partial charge in [-0.15, -0.1) is 0 Å². The maximum Gasteiger partial charge on any atom is 0.267 e. The van der Waals surface area contributed by atoms with Crippen molar-refractivity contribution in [2.75, 3.05) is 11.1 Å². The van der Waals surface area contributed by atoms with Gasteiger partial charge in [0.05, 0.1) is 35.1 Å². The Bertz CT molecular complexity index is 1600. The largest absolute Gasteiger partial charge is 0.382 e. The van der Waals surface area contributed by atoms with Crippen molar-refractivity contribution in [1.29, 1.82) is 10.5 Å². The van der Waals surface area contributed by atoms with Crippen LogP contribution in [-0.4, -0.2) is 24.5 Å². The molecule has 1 atom stereocenters. The Balaban J connectivity index is 2.02. The fraction of sp³-hybridized carbons (Fsp3) is 0.136. The molecule has 1 aromatic carbocycles. The number of nitrogens with one attached hydrogen (secondary N) is 1. The molecule has 12 heteroatoms. The van der Waals surface area contributed by atoms with E-state index in [2.05, 4.69) is 25.3 Å². The van der Waals surface area contributed by atoms with E-state index >= 15 is 0 Å². The van der Waals surface area contributed by atoms with Crippen molar-refractivity contribution in [3.8, 4) is 17.8 Å². The lowest BCUT2D eigenvalue weighted by atomic mass is 10.1. The first-order valence-corrected chi connectivity index (χ1v) is 9.82. The molecule has 0 aliphatic rings. The first-order valence-electron chi connectivity index (χ1n) is 9.82. The quantitative estimate of drug-likeness (QED) is 0.468. The minimum Gasteiger partial charge on any atom is -0.382 e. The minimum atomic E-state index is -0.869. The van der Waals surface area contributed by atoms with Gasteiger partial charge < -0.3 is 11.1 Å². The molecule has 0 amide bonds. The van der Waals surface area contributed by atoms with Crippen LogP contribution >= 0.6 is 0 Å². The summed E-state index contributed by atoms with van der Waals surface area (Å²) in [6.45, 7) is 3.16. The summed E-state index contributed by atoms with van der Waals surface area (Å²) in [6.07, 6.45) is 2.18. The van der Waals surface area contributed by atoms with Gasteiger partial charge in [0, 0.05) is 6.07 Å². The third-order valence-electron chi connectivity index (χ3n) is 4.97. The molecule has 0 radical (unpaired) electrons. The van der Waals surface area contributed by atoms with Gasteiger partial charge >= 0.3 is 0 Å². The highest BCUT2D eigenvalue weighted by atomic mass is 19.1. The van der Waals surface area contributed by atoms with Gasteiger partial charge in [-0.2, -0.15) is 10.5 Å². The van der Waals surface area contributed by atoms with Gasteiger partial charge in [0.15, 0.2) is 5.82 Å². The van der Waals surface area contributed by atoms with Gasteiger partial charge in [0.2, 0.25) is 0 Å². The molecule has 0 unspecified atom stereocenters. The number of aromatic nitrogens is 5. The summed E-state index contributed by atoms with van der Waals surface area (Å²) in [6, 6.07) is 6.15. The van der Waals surface area contributed by atoms with Crippen molar-refractivity contribution in [2.45, 2.75) is 19.9 Å². The van der Waals surface area contributed by atoms with Gasteiger partial charge in [-0.1, -0.05) is 0 Å². The number of hydrogen-bond acceptors (Lipinski definition) is 9. The molecule has 4 rings (SSSR count). The van der Waals surface area contributed by atoms with Crippen molar-refractivity contribution in [3.05, 3.63) is 75.4 Å². The van der Waals surface area contributed by atoms with Crippen LogP contribution in [0.4, 0.5) is 20.4 Å². The number of nitrogens with two attached hydrogens (primary N) is 1. The molecule has 3 N–H and O–H groups in total. The van der Waals surface area contributed by atoms with Crippen molar-refractivity contribution in [1.82, 2.24) is 24.5 Å². The summed E-state index contributed by atoms with van der Waals surface area (Å²) in [5.41, 5.74) is 4.59. The lowest BCUT2D eigenvalue weighted by Crippen LogP contribution is -2.28. The van der Waals surface area contributed by atoms with Crippen molar-refractivity contribution in [2.24, 2.45) is 0 Å². The van der Waals surface area contributed by atoms with Crippen LogP contribution in [0.2, 0.25) is 0 Å². The second-order valence-corrected chi connectivity index (χ2v) is 7.26. The van der Waals surface area contributed by atoms with Crippen LogP contribution in [0.3, 0.4) is 0 Å². The van der Waals surface area contributed by atoms with E-state index in [1.807, 2.05) is 12.1 Å². The summed E-state index contributed by atoms with van der Waals surface area (Å²) in [4.78, 5) is 29.7. The summed E-state index contributed by atoms with van der Waals surface area (Å²) < 4.78 is 29.7. The number of hydrogen-bond donors (Lipinski definition) is 2. The normalized spacial score (nSPS) is 11.6. The minimum absolute atomic E-state index is 0.00934. The zero-order valence-electron chi connectivity index (χ0n) is 17.8. The number of rotatable bonds is 4. The Morgan fingerprint density at radius 2 is 1.91 bits per heavy atom. The van der Waals surface area contributed by atoms with E-state index in [0.29, 0.717) is 0 Å². The van der Waals surface area contributed by atoms with E-state index in [9.17, 15) is 24.1 Å². The fourth-order valence-electron chi connectivity index (χ4n) is 3.51. The Morgan fingerprint density at radius 3 is 2.59 bits per heavy atom. The lowest BCUT2D eigenvalue weighted by molar-refractivity contribution is 0.616. The molecule has 0 saturated heterocycles. The standard InChI is InChI=1S/C22H15F2N9O/c1-10(29-20-15(7-26)19(27)30-11(2)31-20)21-32-18-16(24)4-3-12(6-25)17(18)22(34)33(21)14-5-13(23)8-28-9-14/h3-5,8-10H,1-2H3,(H3,27,29,30,31)/t10-/m0/s1. The molecule has 0 saturated carbocycles. The number of nitrogen functional groups attached to an aromatic ring is 1. The van der Waals surface area contributed by atoms with Gasteiger partial charge in [-0.3, -0.25) is 14.3 Å². The first kappa shape index (κ1) is 22.2. The number of fused-ring (bicyclic) bond motifs is 1. The summed E-state index contributed by atoms with van der Waals surface area (Å²) >= 11 is 0. The molecule has 0 bridgehead atoms. The van der Waals surface area contributed by atoms with E-state index in [1.54, 1.807) is 13.8 Å². The summed E-state index contributed by atoms with van der Waals surface area (Å²) in [7, 11) is 0. The maximum absolute atomic E-state index is 14.7. The van der Waals surface area contributed by atoms with E-state index in [0.717, 1.165) is 22.9 Å². The molecule has 3 heterocycles. The third kappa shape index (κ3) is 3.73. The Morgan fingerprint density at radius 1 is 1.15 bits per heavy atom. The lowest BCUT2D eigenvalue weighted by Gasteiger charge is -2.21. The fourth-order valence-corrected chi connectivity index (χ4v) is 3.51. The SMILES string of the molecule is Cc1nc(N)c(C#N)c(N[C@@H](C)c2nc3c(F)ccc(C#N)c3c(=O)n2-c2cncc(F)c2)n1. The van der Waals surface area contributed by atoms with Crippen LogP contribution in [-0.2, 0) is 0 Å². The highest BCUT2D eigenvalue weighted by Gasteiger charge is 2.23. The molecule has 168 valence electrons. The molecule has 0 spiro atoms. The Hall–Kier alpha value is -4.97. The van der Waals surface area contributed by atoms with Gasteiger partial charge in [0.25, 0.3) is 5.56 Å². The van der Waals surface area contributed by atoms with E-state index < -0.39 is 23.2 Å². The molecule has 4 aromatic rings. The smallest absolute Gasteiger partial charge is 0.267 e. The number of nitriles is 2. The van der Waals surface area contributed by atoms with Crippen LogP contribution < -0.4 is 16.6 Å². The predicted octanol–water partition coefficient (Wildman–Crippen LogP) is 2.66. The van der Waals surface area contributed by atoms with Crippen LogP contribution in [0.1, 0.15) is 35.7 Å². The number of benzene rings is 1. The number of halogens is 2. The van der Waals surface area contributed by atoms with Crippen LogP contribution in [0.5, 0.6) is 0 Å². The molecule has 3 aromatic heterocycles. The highest BCUT2D eigenvalue weighted by molar-refractivity contribution is 5.84. The molecule has 0 fully saturated rings. The van der Waals surface area contributed by atoms with Crippen LogP contribution in [0.25, 0.3) is 16.6 Å². The van der Waals surface area contributed by atoms with Crippen molar-refractivity contribution in [3.63, 3.8) is 0 Å². The molecule has 10 nitrogen and oxygen atoms in total. The van der Waals surface area contributed by atoms with Gasteiger partial charge in [-0.05, 0) is 26.0 Å². The molecule has 0 aliphatic heterocycles. The van der Waals surface area contributed by atoms with Crippen molar-refractivity contribution < 1.29 is 8.78 Å². The number of aryl methyl sites for hydroxylation is 1. The second-order valence-electron chi connectivity index (χ2n) is 7.26. The highest BCUT2D eigenvalue weighted by Crippen LogP contribution is 2.26. The van der Waals surface area contributed by atoms with E-state index in [4.69, 9.17) is 5.73 Å². The topological polar surface area (TPSA) is 159 Å². The average Bonchev–Trinajstić information content (AvgIpc) is 2.79. The molecular formula is C22H15F2N9O. The maximum atomic E-state index is 14.7. The average molecular weight is 459 g/mol. The van der Waals surface area contributed by atoms with E-state index in [1.165, 1.54) is 12.3 Å². The summed E-state index contributed by atoms with van der Waals surface area (Å²) in [5, 5.41) is 21.6. The first-order chi connectivity index (χ1) is 16.2. The Kier molecular flexibility index (Phi) is 5.57. The molecule has 34 heavy (non-hydrogen) atoms. The predicted molar refractivity (Wildman–Crippen MR) is 118 cm³/mol. The molecule has 0 aliphatic carbocycles. The molecular weight excluding hydrogens is 444 g/mol. The number of anilines is 2. The van der Waals surface area contributed by atoms with Gasteiger partial charge in [-0.25, -0.2) is 23.7 Å². The van der Waals surface area contributed by atoms with Crippen LogP contribution in [0, 0.1) is 41.2 Å². The third-order valence-corrected chi connectivity index (χ3v) is 4.97. The zero-order chi connectivity index (χ0) is 24.6.